The number of benzene rings is 2. The summed E-state index contributed by atoms with van der Waals surface area (Å²) < 4.78 is 19.7. The smallest absolute Gasteiger partial charge is 0.501 e. The van der Waals surface area contributed by atoms with Crippen LogP contribution < -0.4 is 9.31 Å². The molecule has 1 aliphatic rings. The number of para-hydroxylation sites is 2. The molecule has 4 nitrogen and oxygen atoms in total. The third-order valence-electron chi connectivity index (χ3n) is 4.82. The summed E-state index contributed by atoms with van der Waals surface area (Å²) in [6.07, 6.45) is 5.71. The number of quaternary nitrogens is 1. The monoisotopic (exact) mass is 368 g/mol. The van der Waals surface area contributed by atoms with Gasteiger partial charge in [0, 0.05) is 0 Å². The van der Waals surface area contributed by atoms with Crippen LogP contribution in [0.2, 0.25) is 0 Å². The Labute approximate surface area is 163 Å². The van der Waals surface area contributed by atoms with Crippen LogP contribution in [0.25, 0.3) is 0 Å². The third-order valence-corrected chi connectivity index (χ3v) is 4.82. The summed E-state index contributed by atoms with van der Waals surface area (Å²) in [6, 6.07) is 19.5. The van der Waals surface area contributed by atoms with Crippen LogP contribution >= 0.6 is 0 Å². The first-order valence-electron chi connectivity index (χ1n) is 9.86. The molecule has 0 saturated heterocycles. The number of hydrogen-bond acceptors (Lipinski definition) is 3. The molecular weight excluding hydrogens is 337 g/mol. The molecule has 5 heteroatoms. The van der Waals surface area contributed by atoms with Gasteiger partial charge in [-0.3, -0.25) is 0 Å². The van der Waals surface area contributed by atoms with Crippen LogP contribution in [0.3, 0.4) is 0 Å². The lowest BCUT2D eigenvalue weighted by atomic mass is 9.82. The van der Waals surface area contributed by atoms with E-state index in [-0.39, 0.29) is 5.60 Å². The molecule has 0 heterocycles. The number of hydrogen-bond donors (Lipinski definition) is 0. The Morgan fingerprint density at radius 2 is 1.26 bits per heavy atom. The predicted octanol–water partition coefficient (Wildman–Crippen LogP) is 4.56. The summed E-state index contributed by atoms with van der Waals surface area (Å²) in [4.78, 5) is 0. The van der Waals surface area contributed by atoms with Gasteiger partial charge in [0.05, 0.1) is 21.1 Å². The Kier molecular flexibility index (Phi) is 6.45. The lowest BCUT2D eigenvalue weighted by molar-refractivity contribution is -0.877. The van der Waals surface area contributed by atoms with E-state index in [0.29, 0.717) is 0 Å². The Hall–Kier alpha value is -1.98. The van der Waals surface area contributed by atoms with E-state index in [9.17, 15) is 0 Å². The van der Waals surface area contributed by atoms with Crippen LogP contribution in [-0.2, 0) is 4.65 Å². The molecule has 2 aromatic carbocycles. The van der Waals surface area contributed by atoms with E-state index >= 15 is 0 Å². The van der Waals surface area contributed by atoms with Crippen molar-refractivity contribution in [1.29, 1.82) is 0 Å². The average molecular weight is 368 g/mol. The van der Waals surface area contributed by atoms with Gasteiger partial charge in [0.15, 0.2) is 0 Å². The fourth-order valence-corrected chi connectivity index (χ4v) is 3.87. The van der Waals surface area contributed by atoms with Gasteiger partial charge >= 0.3 is 7.32 Å². The normalized spacial score (nSPS) is 16.6. The van der Waals surface area contributed by atoms with E-state index in [2.05, 4.69) is 21.1 Å². The van der Waals surface area contributed by atoms with Crippen molar-refractivity contribution in [2.24, 2.45) is 0 Å². The topological polar surface area (TPSA) is 27.7 Å². The van der Waals surface area contributed by atoms with Crippen molar-refractivity contribution in [3.63, 3.8) is 0 Å². The van der Waals surface area contributed by atoms with Gasteiger partial charge in [0.25, 0.3) is 0 Å². The Balaban J connectivity index is 1.81. The van der Waals surface area contributed by atoms with Crippen LogP contribution in [0, 0.1) is 0 Å². The second kappa shape index (κ2) is 8.81. The van der Waals surface area contributed by atoms with Crippen molar-refractivity contribution in [2.75, 3.05) is 27.7 Å². The molecule has 0 spiro atoms. The zero-order chi connectivity index (χ0) is 19.2. The standard InChI is InChI=1S/C22H31BNO3/c1-24(2,3)19-22(17-11-6-12-18-22)27-23(25-20-13-7-4-8-14-20)26-21-15-9-5-10-16-21/h4-5,7-10,13-16H,6,11-12,17-19H2,1-3H3/q+1. The summed E-state index contributed by atoms with van der Waals surface area (Å²) in [5, 5.41) is 0. The molecule has 2 aromatic rings. The molecule has 0 atom stereocenters. The van der Waals surface area contributed by atoms with Gasteiger partial charge < -0.3 is 18.4 Å². The summed E-state index contributed by atoms with van der Waals surface area (Å²) in [5.74, 6) is 1.49. The molecule has 144 valence electrons. The number of likely N-dealkylation sites (N-methyl/N-ethyl adjacent to an activating group) is 1. The molecular formula is C22H31BNO3+. The van der Waals surface area contributed by atoms with Crippen molar-refractivity contribution in [1.82, 2.24) is 0 Å². The quantitative estimate of drug-likeness (QED) is 0.505. The minimum absolute atomic E-state index is 0.231. The van der Waals surface area contributed by atoms with Gasteiger partial charge in [-0.2, -0.15) is 0 Å². The highest BCUT2D eigenvalue weighted by atomic mass is 16.7. The van der Waals surface area contributed by atoms with Crippen LogP contribution in [0.4, 0.5) is 0 Å². The van der Waals surface area contributed by atoms with Crippen molar-refractivity contribution in [3.8, 4) is 11.5 Å². The molecule has 3 rings (SSSR count). The zero-order valence-corrected chi connectivity index (χ0v) is 16.8. The molecule has 1 saturated carbocycles. The first kappa shape index (κ1) is 19.8. The fraction of sp³-hybridized carbons (Fsp3) is 0.455. The maximum atomic E-state index is 6.60. The van der Waals surface area contributed by atoms with Crippen molar-refractivity contribution >= 4 is 7.32 Å². The van der Waals surface area contributed by atoms with Gasteiger partial charge in [-0.25, -0.2) is 0 Å². The summed E-state index contributed by atoms with van der Waals surface area (Å²) in [5.41, 5.74) is -0.231. The zero-order valence-electron chi connectivity index (χ0n) is 16.8. The highest BCUT2D eigenvalue weighted by Gasteiger charge is 2.45. The minimum atomic E-state index is -0.778. The molecule has 0 aromatic heterocycles. The van der Waals surface area contributed by atoms with Crippen molar-refractivity contribution in [3.05, 3.63) is 60.7 Å². The van der Waals surface area contributed by atoms with E-state index in [4.69, 9.17) is 14.0 Å². The summed E-state index contributed by atoms with van der Waals surface area (Å²) >= 11 is 0. The third kappa shape index (κ3) is 6.30. The van der Waals surface area contributed by atoms with Gasteiger partial charge in [0.2, 0.25) is 0 Å². The van der Waals surface area contributed by atoms with Gasteiger partial charge in [-0.05, 0) is 37.1 Å². The largest absolute Gasteiger partial charge is 0.788 e. The van der Waals surface area contributed by atoms with Crippen LogP contribution in [0.1, 0.15) is 32.1 Å². The maximum Gasteiger partial charge on any atom is 0.788 e. The van der Waals surface area contributed by atoms with Crippen LogP contribution in [-0.4, -0.2) is 45.1 Å². The highest BCUT2D eigenvalue weighted by molar-refractivity contribution is 6.38. The van der Waals surface area contributed by atoms with E-state index in [0.717, 1.165) is 35.4 Å². The van der Waals surface area contributed by atoms with Crippen molar-refractivity contribution < 1.29 is 18.4 Å². The molecule has 0 aliphatic heterocycles. The van der Waals surface area contributed by atoms with E-state index in [1.165, 1.54) is 19.3 Å². The lowest BCUT2D eigenvalue weighted by Crippen LogP contribution is -2.55. The second-order valence-electron chi connectivity index (χ2n) is 8.46. The highest BCUT2D eigenvalue weighted by Crippen LogP contribution is 2.34. The molecule has 27 heavy (non-hydrogen) atoms. The maximum absolute atomic E-state index is 6.60. The number of nitrogens with zero attached hydrogens (tertiary/aromatic N) is 1. The van der Waals surface area contributed by atoms with E-state index in [1.54, 1.807) is 0 Å². The minimum Gasteiger partial charge on any atom is -0.501 e. The summed E-state index contributed by atoms with van der Waals surface area (Å²) in [6.45, 7) is 0.930. The molecule has 1 aliphatic carbocycles. The Bertz CT molecular complexity index is 640. The van der Waals surface area contributed by atoms with Crippen LogP contribution in [0.5, 0.6) is 11.5 Å². The van der Waals surface area contributed by atoms with E-state index < -0.39 is 7.32 Å². The SMILES string of the molecule is C[N+](C)(C)CC1(OB(Oc2ccccc2)Oc2ccccc2)CCCCC1. The molecule has 0 radical (unpaired) electrons. The predicted molar refractivity (Wildman–Crippen MR) is 110 cm³/mol. The first-order valence-corrected chi connectivity index (χ1v) is 9.86. The lowest BCUT2D eigenvalue weighted by Gasteiger charge is -2.42. The van der Waals surface area contributed by atoms with Gasteiger partial charge in [0.1, 0.15) is 23.6 Å². The van der Waals surface area contributed by atoms with Crippen molar-refractivity contribution in [2.45, 2.75) is 37.7 Å². The molecule has 0 unspecified atom stereocenters. The van der Waals surface area contributed by atoms with Crippen LogP contribution in [0.15, 0.2) is 60.7 Å². The Morgan fingerprint density at radius 3 is 1.70 bits per heavy atom. The number of rotatable bonds is 8. The molecule has 1 fully saturated rings. The average Bonchev–Trinajstić information content (AvgIpc) is 2.62. The fourth-order valence-electron chi connectivity index (χ4n) is 3.87. The molecule has 0 N–H and O–H groups in total. The molecule has 0 bridgehead atoms. The molecule has 0 amide bonds. The summed E-state index contributed by atoms with van der Waals surface area (Å²) in [7, 11) is 5.86. The second-order valence-corrected chi connectivity index (χ2v) is 8.46. The Morgan fingerprint density at radius 1 is 0.778 bits per heavy atom. The van der Waals surface area contributed by atoms with Gasteiger partial charge in [-0.1, -0.05) is 55.7 Å². The van der Waals surface area contributed by atoms with Gasteiger partial charge in [-0.15, -0.1) is 0 Å². The first-order chi connectivity index (χ1) is 12.9. The van der Waals surface area contributed by atoms with E-state index in [1.807, 2.05) is 60.7 Å².